The number of fused-ring (bicyclic) bond motifs is 1. The minimum absolute atomic E-state index is 0.0380. The van der Waals surface area contributed by atoms with Crippen LogP contribution in [-0.2, 0) is 35.7 Å². The second-order valence-corrected chi connectivity index (χ2v) is 8.61. The van der Waals surface area contributed by atoms with Gasteiger partial charge in [-0.3, -0.25) is 9.79 Å². The topological polar surface area (TPSA) is 129 Å². The molecular weight excluding hydrogens is 477 g/mol. The smallest absolute Gasteiger partial charge is 0.254 e. The van der Waals surface area contributed by atoms with Gasteiger partial charge in [0.15, 0.2) is 11.6 Å². The Hall–Kier alpha value is -4.09. The van der Waals surface area contributed by atoms with Gasteiger partial charge in [0.05, 0.1) is 43.4 Å². The second kappa shape index (κ2) is 11.8. The standard InChI is InChI=1S/C26H30FN7O3/c1-16-14-34(33-32-16)23-6-7-24(37-3)25(27)21(23)13-31-26(35)20(22(28)15-36-2)12-29-9-17-4-5-18-10-30-11-19(18)8-17/h4-8,12,14,30H,9-11,13,15,28H2,1-3H3,(H,31,35)/b22-20+,29-12?. The van der Waals surface area contributed by atoms with Crippen LogP contribution >= 0.6 is 0 Å². The molecule has 0 unspecified atom stereocenters. The summed E-state index contributed by atoms with van der Waals surface area (Å²) in [5.74, 6) is -1.08. The van der Waals surface area contributed by atoms with Crippen LogP contribution in [0.1, 0.15) is 27.9 Å². The molecule has 0 radical (unpaired) electrons. The number of aryl methyl sites for hydroxylation is 1. The van der Waals surface area contributed by atoms with Crippen molar-refractivity contribution in [3.8, 4) is 11.4 Å². The monoisotopic (exact) mass is 507 g/mol. The molecule has 1 aliphatic heterocycles. The van der Waals surface area contributed by atoms with Crippen molar-refractivity contribution in [2.24, 2.45) is 10.7 Å². The summed E-state index contributed by atoms with van der Waals surface area (Å²) in [5.41, 5.74) is 11.3. The zero-order chi connectivity index (χ0) is 26.4. The number of methoxy groups -OCH3 is 2. The number of halogens is 1. The average Bonchev–Trinajstić information content (AvgIpc) is 3.54. The van der Waals surface area contributed by atoms with Crippen molar-refractivity contribution in [3.63, 3.8) is 0 Å². The van der Waals surface area contributed by atoms with Gasteiger partial charge in [0.2, 0.25) is 0 Å². The van der Waals surface area contributed by atoms with Crippen LogP contribution in [-0.4, -0.2) is 47.9 Å². The van der Waals surface area contributed by atoms with Gasteiger partial charge in [0.1, 0.15) is 0 Å². The molecule has 3 aromatic rings. The number of nitrogens with zero attached hydrogens (tertiary/aromatic N) is 4. The molecule has 0 spiro atoms. The van der Waals surface area contributed by atoms with Gasteiger partial charge in [-0.25, -0.2) is 9.07 Å². The highest BCUT2D eigenvalue weighted by molar-refractivity contribution is 6.12. The number of hydrogen-bond acceptors (Lipinski definition) is 8. The van der Waals surface area contributed by atoms with E-state index >= 15 is 4.39 Å². The summed E-state index contributed by atoms with van der Waals surface area (Å²) in [6, 6.07) is 9.36. The van der Waals surface area contributed by atoms with Crippen molar-refractivity contribution in [1.82, 2.24) is 25.6 Å². The van der Waals surface area contributed by atoms with Crippen molar-refractivity contribution in [3.05, 3.63) is 81.6 Å². The van der Waals surface area contributed by atoms with Crippen molar-refractivity contribution in [1.29, 1.82) is 0 Å². The number of ether oxygens (including phenoxy) is 2. The normalized spacial score (nSPS) is 13.5. The Morgan fingerprint density at radius 3 is 2.81 bits per heavy atom. The quantitative estimate of drug-likeness (QED) is 0.283. The van der Waals surface area contributed by atoms with E-state index in [0.717, 1.165) is 18.7 Å². The number of aromatic nitrogens is 3. The summed E-state index contributed by atoms with van der Waals surface area (Å²) in [6.07, 6.45) is 3.09. The van der Waals surface area contributed by atoms with Crippen LogP contribution in [0.5, 0.6) is 5.75 Å². The van der Waals surface area contributed by atoms with E-state index in [1.807, 2.05) is 6.07 Å². The van der Waals surface area contributed by atoms with Crippen LogP contribution in [0.2, 0.25) is 0 Å². The zero-order valence-electron chi connectivity index (χ0n) is 21.0. The summed E-state index contributed by atoms with van der Waals surface area (Å²) in [4.78, 5) is 17.6. The molecule has 0 saturated heterocycles. The maximum absolute atomic E-state index is 15.2. The van der Waals surface area contributed by atoms with E-state index in [1.54, 1.807) is 19.2 Å². The molecule has 37 heavy (non-hydrogen) atoms. The van der Waals surface area contributed by atoms with E-state index < -0.39 is 11.7 Å². The number of amides is 1. The fourth-order valence-electron chi connectivity index (χ4n) is 4.07. The molecule has 194 valence electrons. The molecule has 1 aliphatic rings. The van der Waals surface area contributed by atoms with Gasteiger partial charge in [0.25, 0.3) is 5.91 Å². The second-order valence-electron chi connectivity index (χ2n) is 8.61. The van der Waals surface area contributed by atoms with E-state index in [2.05, 4.69) is 38.1 Å². The van der Waals surface area contributed by atoms with Crippen molar-refractivity contribution in [2.75, 3.05) is 20.8 Å². The molecule has 2 aromatic carbocycles. The first-order valence-corrected chi connectivity index (χ1v) is 11.7. The van der Waals surface area contributed by atoms with Gasteiger partial charge in [-0.2, -0.15) is 0 Å². The third-order valence-electron chi connectivity index (χ3n) is 5.97. The molecule has 0 atom stereocenters. The maximum atomic E-state index is 15.2. The lowest BCUT2D eigenvalue weighted by atomic mass is 10.1. The zero-order valence-corrected chi connectivity index (χ0v) is 21.0. The Bertz CT molecular complexity index is 1350. The predicted octanol–water partition coefficient (Wildman–Crippen LogP) is 2.07. The highest BCUT2D eigenvalue weighted by Gasteiger charge is 2.19. The number of carbonyl (C=O) groups excluding carboxylic acids is 1. The molecule has 10 nitrogen and oxygen atoms in total. The highest BCUT2D eigenvalue weighted by atomic mass is 19.1. The molecule has 11 heteroatoms. The van der Waals surface area contributed by atoms with Crippen molar-refractivity contribution >= 4 is 12.1 Å². The minimum Gasteiger partial charge on any atom is -0.494 e. The Morgan fingerprint density at radius 1 is 1.27 bits per heavy atom. The Kier molecular flexibility index (Phi) is 8.26. The molecule has 0 bridgehead atoms. The summed E-state index contributed by atoms with van der Waals surface area (Å²) < 4.78 is 26.9. The number of hydrogen-bond donors (Lipinski definition) is 3. The summed E-state index contributed by atoms with van der Waals surface area (Å²) in [5, 5.41) is 14.0. The maximum Gasteiger partial charge on any atom is 0.254 e. The van der Waals surface area contributed by atoms with Crippen molar-refractivity contribution < 1.29 is 18.7 Å². The van der Waals surface area contributed by atoms with Crippen molar-refractivity contribution in [2.45, 2.75) is 33.1 Å². The van der Waals surface area contributed by atoms with E-state index in [1.165, 1.54) is 42.3 Å². The van der Waals surface area contributed by atoms with Gasteiger partial charge in [-0.1, -0.05) is 23.4 Å². The Balaban J connectivity index is 1.53. The first kappa shape index (κ1) is 26.0. The van der Waals surface area contributed by atoms with Gasteiger partial charge in [-0.15, -0.1) is 5.10 Å². The van der Waals surface area contributed by atoms with E-state index in [-0.39, 0.29) is 35.7 Å². The number of nitrogens with two attached hydrogens (primary N) is 1. The summed E-state index contributed by atoms with van der Waals surface area (Å²) in [7, 11) is 2.86. The third-order valence-corrected chi connectivity index (χ3v) is 5.97. The first-order chi connectivity index (χ1) is 17.9. The van der Waals surface area contributed by atoms with Crippen LogP contribution < -0.4 is 21.1 Å². The lowest BCUT2D eigenvalue weighted by Crippen LogP contribution is -2.29. The molecule has 1 amide bonds. The summed E-state index contributed by atoms with van der Waals surface area (Å²) >= 11 is 0. The van der Waals surface area contributed by atoms with E-state index in [9.17, 15) is 4.79 Å². The number of aliphatic imine (C=N–C) groups is 1. The fourth-order valence-corrected chi connectivity index (χ4v) is 4.07. The molecule has 4 rings (SSSR count). The van der Waals surface area contributed by atoms with Crippen LogP contribution in [0.3, 0.4) is 0 Å². The molecule has 0 fully saturated rings. The van der Waals surface area contributed by atoms with E-state index in [4.69, 9.17) is 15.2 Å². The molecular formula is C26H30FN7O3. The number of carbonyl (C=O) groups is 1. The third kappa shape index (κ3) is 6.01. The average molecular weight is 508 g/mol. The van der Waals surface area contributed by atoms with Gasteiger partial charge in [0, 0.05) is 44.2 Å². The van der Waals surface area contributed by atoms with Gasteiger partial charge >= 0.3 is 0 Å². The Labute approximate surface area is 214 Å². The summed E-state index contributed by atoms with van der Waals surface area (Å²) in [6.45, 7) is 3.75. The van der Waals surface area contributed by atoms with Crippen LogP contribution in [0, 0.1) is 12.7 Å². The number of benzene rings is 2. The highest BCUT2D eigenvalue weighted by Crippen LogP contribution is 2.26. The molecule has 0 aliphatic carbocycles. The van der Waals surface area contributed by atoms with Crippen LogP contribution in [0.15, 0.2) is 52.8 Å². The van der Waals surface area contributed by atoms with Crippen LogP contribution in [0.25, 0.3) is 5.69 Å². The molecule has 2 heterocycles. The molecule has 4 N–H and O–H groups in total. The lowest BCUT2D eigenvalue weighted by molar-refractivity contribution is -0.117. The largest absolute Gasteiger partial charge is 0.494 e. The fraction of sp³-hybridized carbons (Fsp3) is 0.308. The van der Waals surface area contributed by atoms with Crippen LogP contribution in [0.4, 0.5) is 4.39 Å². The van der Waals surface area contributed by atoms with Gasteiger partial charge in [-0.05, 0) is 35.7 Å². The number of rotatable bonds is 10. The SMILES string of the molecule is COC/C(N)=C(/C=NCc1ccc2c(c1)CNC2)C(=O)NCc1c(-n2cc(C)nn2)ccc(OC)c1F. The number of nitrogens with one attached hydrogen (secondary N) is 2. The van der Waals surface area contributed by atoms with Gasteiger partial charge < -0.3 is 25.8 Å². The lowest BCUT2D eigenvalue weighted by Gasteiger charge is -2.14. The Morgan fingerprint density at radius 2 is 2.08 bits per heavy atom. The first-order valence-electron chi connectivity index (χ1n) is 11.7. The molecule has 0 saturated carbocycles. The predicted molar refractivity (Wildman–Crippen MR) is 137 cm³/mol. The molecule has 1 aromatic heterocycles. The van der Waals surface area contributed by atoms with E-state index in [0.29, 0.717) is 17.9 Å². The minimum atomic E-state index is -0.608.